The highest BCUT2D eigenvalue weighted by atomic mass is 16.6. The molecule has 42 heavy (non-hydrogen) atoms. The third kappa shape index (κ3) is 34.5. The van der Waals surface area contributed by atoms with Gasteiger partial charge in [-0.25, -0.2) is 4.79 Å². The van der Waals surface area contributed by atoms with E-state index in [1.54, 1.807) is 6.92 Å². The fourth-order valence-electron chi connectivity index (χ4n) is 2.64. The number of rotatable bonds is 34. The largest absolute Gasteiger partial charge is 0.463 e. The number of esters is 2. The van der Waals surface area contributed by atoms with E-state index in [2.05, 4.69) is 6.58 Å². The van der Waals surface area contributed by atoms with Crippen LogP contribution in [0.15, 0.2) is 12.2 Å². The monoisotopic (exact) mass is 612 g/mol. The molecule has 0 aromatic carbocycles. The molecule has 0 heterocycles. The molecule has 0 aromatic heterocycles. The van der Waals surface area contributed by atoms with Gasteiger partial charge in [0.25, 0.3) is 0 Å². The van der Waals surface area contributed by atoms with Crippen LogP contribution < -0.4 is 0 Å². The van der Waals surface area contributed by atoms with Gasteiger partial charge in [0, 0.05) is 12.5 Å². The molecule has 0 radical (unpaired) electrons. The minimum absolute atomic E-state index is 0.196. The smallest absolute Gasteiger partial charge is 0.333 e. The lowest BCUT2D eigenvalue weighted by atomic mass is 10.4. The van der Waals surface area contributed by atoms with Crippen molar-refractivity contribution in [2.75, 3.05) is 145 Å². The summed E-state index contributed by atoms with van der Waals surface area (Å²) in [7, 11) is 0. The molecule has 0 atom stereocenters. The first-order chi connectivity index (χ1) is 20.5. The summed E-state index contributed by atoms with van der Waals surface area (Å²) in [4.78, 5) is 21.7. The van der Waals surface area contributed by atoms with E-state index in [-0.39, 0.29) is 19.2 Å². The van der Waals surface area contributed by atoms with Gasteiger partial charge in [0.1, 0.15) is 13.2 Å². The van der Waals surface area contributed by atoms with Gasteiger partial charge in [0.05, 0.1) is 132 Å². The summed E-state index contributed by atoms with van der Waals surface area (Å²) in [5.41, 5.74) is 0.367. The predicted octanol–water partition coefficient (Wildman–Crippen LogP) is 0.835. The molecule has 248 valence electrons. The molecule has 14 heteroatoms. The maximum absolute atomic E-state index is 11.2. The van der Waals surface area contributed by atoms with Crippen LogP contribution in [0.25, 0.3) is 0 Å². The van der Waals surface area contributed by atoms with Crippen molar-refractivity contribution in [3.63, 3.8) is 0 Å². The Morgan fingerprint density at radius 3 is 0.738 bits per heavy atom. The zero-order valence-corrected chi connectivity index (χ0v) is 25.5. The van der Waals surface area contributed by atoms with Crippen LogP contribution in [-0.2, 0) is 66.4 Å². The first-order valence-electron chi connectivity index (χ1n) is 14.3. The Balaban J connectivity index is 3.07. The molecule has 0 spiro atoms. The first-order valence-corrected chi connectivity index (χ1v) is 14.3. The van der Waals surface area contributed by atoms with E-state index >= 15 is 0 Å². The number of carbonyl (C=O) groups is 2. The van der Waals surface area contributed by atoms with Gasteiger partial charge in [-0.3, -0.25) is 4.79 Å². The standard InChI is InChI=1S/C28H52O14/c1-26(2)28(30)42-25-23-40-21-19-38-17-15-36-13-11-34-9-7-32-5-4-31-6-8-33-10-12-35-14-16-37-18-20-39-22-24-41-27(3)29/h1,4-25H2,2-3H3. The summed E-state index contributed by atoms with van der Waals surface area (Å²) in [5.74, 6) is -0.731. The Bertz CT molecular complexity index is 619. The van der Waals surface area contributed by atoms with Gasteiger partial charge < -0.3 is 56.8 Å². The second-order valence-corrected chi connectivity index (χ2v) is 8.38. The van der Waals surface area contributed by atoms with Crippen molar-refractivity contribution in [2.45, 2.75) is 13.8 Å². The second-order valence-electron chi connectivity index (χ2n) is 8.38. The highest BCUT2D eigenvalue weighted by Crippen LogP contribution is 1.92. The minimum atomic E-state index is -0.416. The molecular weight excluding hydrogens is 560 g/mol. The van der Waals surface area contributed by atoms with Crippen LogP contribution in [0.1, 0.15) is 13.8 Å². The van der Waals surface area contributed by atoms with Crippen LogP contribution >= 0.6 is 0 Å². The zero-order chi connectivity index (χ0) is 30.8. The van der Waals surface area contributed by atoms with Crippen LogP contribution in [0.5, 0.6) is 0 Å². The number of hydrogen-bond acceptors (Lipinski definition) is 14. The summed E-state index contributed by atoms with van der Waals surface area (Å²) in [6, 6.07) is 0. The zero-order valence-electron chi connectivity index (χ0n) is 25.5. The fourth-order valence-corrected chi connectivity index (χ4v) is 2.64. The Morgan fingerprint density at radius 2 is 0.548 bits per heavy atom. The third-order valence-corrected chi connectivity index (χ3v) is 4.69. The summed E-state index contributed by atoms with van der Waals surface area (Å²) in [6.07, 6.45) is 0. The number of ether oxygens (including phenoxy) is 12. The van der Waals surface area contributed by atoms with Gasteiger partial charge in [-0.15, -0.1) is 0 Å². The molecule has 0 aromatic rings. The van der Waals surface area contributed by atoms with Gasteiger partial charge in [-0.2, -0.15) is 0 Å². The van der Waals surface area contributed by atoms with Gasteiger partial charge in [0.15, 0.2) is 0 Å². The van der Waals surface area contributed by atoms with Gasteiger partial charge in [0.2, 0.25) is 0 Å². The van der Waals surface area contributed by atoms with E-state index < -0.39 is 5.97 Å². The molecule has 0 bridgehead atoms. The highest BCUT2D eigenvalue weighted by Gasteiger charge is 2.02. The van der Waals surface area contributed by atoms with E-state index in [4.69, 9.17) is 56.8 Å². The average molecular weight is 613 g/mol. The molecule has 0 rings (SSSR count). The van der Waals surface area contributed by atoms with E-state index in [1.807, 2.05) is 0 Å². The first kappa shape index (κ1) is 40.3. The number of hydrogen-bond donors (Lipinski definition) is 0. The van der Waals surface area contributed by atoms with E-state index in [0.29, 0.717) is 138 Å². The van der Waals surface area contributed by atoms with Crippen molar-refractivity contribution < 1.29 is 66.4 Å². The van der Waals surface area contributed by atoms with Gasteiger partial charge in [-0.05, 0) is 6.92 Å². The molecule has 0 amide bonds. The van der Waals surface area contributed by atoms with E-state index in [1.165, 1.54) is 6.92 Å². The van der Waals surface area contributed by atoms with Crippen LogP contribution in [0.3, 0.4) is 0 Å². The molecule has 0 aliphatic heterocycles. The SMILES string of the molecule is C=C(C)C(=O)OCCOCCOCCOCCOCCOCCOCCOCCOCCOCCOCCOC(C)=O. The van der Waals surface area contributed by atoms with Crippen LogP contribution in [0, 0.1) is 0 Å². The quantitative estimate of drug-likeness (QED) is 0.0575. The third-order valence-electron chi connectivity index (χ3n) is 4.69. The Kier molecular flexibility index (Phi) is 32.4. The average Bonchev–Trinajstić information content (AvgIpc) is 2.97. The predicted molar refractivity (Wildman–Crippen MR) is 151 cm³/mol. The molecule has 0 saturated carbocycles. The van der Waals surface area contributed by atoms with Crippen molar-refractivity contribution in [3.05, 3.63) is 12.2 Å². The topological polar surface area (TPSA) is 145 Å². The van der Waals surface area contributed by atoms with Crippen LogP contribution in [-0.4, -0.2) is 157 Å². The molecule has 0 aliphatic rings. The van der Waals surface area contributed by atoms with Crippen LogP contribution in [0.2, 0.25) is 0 Å². The molecule has 0 aliphatic carbocycles. The number of carbonyl (C=O) groups excluding carboxylic acids is 2. The highest BCUT2D eigenvalue weighted by molar-refractivity contribution is 5.86. The fraction of sp³-hybridized carbons (Fsp3) is 0.857. The van der Waals surface area contributed by atoms with Crippen molar-refractivity contribution in [1.82, 2.24) is 0 Å². The second kappa shape index (κ2) is 33.8. The van der Waals surface area contributed by atoms with Gasteiger partial charge >= 0.3 is 11.9 Å². The summed E-state index contributed by atoms with van der Waals surface area (Å²) in [6.45, 7) is 16.1. The lowest BCUT2D eigenvalue weighted by molar-refractivity contribution is -0.143. The summed E-state index contributed by atoms with van der Waals surface area (Å²) in [5, 5.41) is 0. The molecule has 0 saturated heterocycles. The van der Waals surface area contributed by atoms with Gasteiger partial charge in [-0.1, -0.05) is 6.58 Å². The minimum Gasteiger partial charge on any atom is -0.463 e. The van der Waals surface area contributed by atoms with Crippen LogP contribution in [0.4, 0.5) is 0 Å². The molecular formula is C28H52O14. The maximum Gasteiger partial charge on any atom is 0.333 e. The molecule has 0 fully saturated rings. The lowest BCUT2D eigenvalue weighted by Crippen LogP contribution is -2.15. The van der Waals surface area contributed by atoms with Crippen molar-refractivity contribution in [2.24, 2.45) is 0 Å². The summed E-state index contributed by atoms with van der Waals surface area (Å²) < 4.78 is 63.5. The Labute approximate surface area is 250 Å². The maximum atomic E-state index is 11.2. The Hall–Kier alpha value is -1.72. The molecule has 0 unspecified atom stereocenters. The van der Waals surface area contributed by atoms with Crippen molar-refractivity contribution >= 4 is 11.9 Å². The van der Waals surface area contributed by atoms with Crippen molar-refractivity contribution in [1.29, 1.82) is 0 Å². The van der Waals surface area contributed by atoms with E-state index in [9.17, 15) is 9.59 Å². The molecule has 0 N–H and O–H groups in total. The molecule has 14 nitrogen and oxygen atoms in total. The van der Waals surface area contributed by atoms with Crippen molar-refractivity contribution in [3.8, 4) is 0 Å². The summed E-state index contributed by atoms with van der Waals surface area (Å²) >= 11 is 0. The Morgan fingerprint density at radius 1 is 0.357 bits per heavy atom. The lowest BCUT2D eigenvalue weighted by Gasteiger charge is -2.09. The van der Waals surface area contributed by atoms with E-state index in [0.717, 1.165) is 0 Å². The normalized spacial score (nSPS) is 11.1.